The number of hydrogen-bond donors (Lipinski definition) is 1. The molecule has 0 aliphatic carbocycles. The van der Waals surface area contributed by atoms with E-state index in [2.05, 4.69) is 57.8 Å². The molecule has 1 atom stereocenters. The third-order valence-electron chi connectivity index (χ3n) is 5.26. The number of aromatic hydroxyl groups is 1. The van der Waals surface area contributed by atoms with Crippen LogP contribution in [0.2, 0.25) is 18.1 Å². The lowest BCUT2D eigenvalue weighted by atomic mass is 10.0. The Bertz CT molecular complexity index is 849. The van der Waals surface area contributed by atoms with Gasteiger partial charge in [-0.05, 0) is 24.1 Å². The maximum atomic E-state index is 12.3. The molecule has 8 heteroatoms. The first-order chi connectivity index (χ1) is 12.3. The Morgan fingerprint density at radius 2 is 1.96 bits per heavy atom. The first-order valence-electron chi connectivity index (χ1n) is 9.21. The molecule has 2 aromatic rings. The SMILES string of the molecule is CC(C)C(Cc1ncoc1-c1nn(C)cc(O)c1=O)O[Si](C)(C)C(C)(C)C. The molecule has 0 saturated heterocycles. The molecule has 0 amide bonds. The summed E-state index contributed by atoms with van der Waals surface area (Å²) >= 11 is 0. The van der Waals surface area contributed by atoms with Crippen molar-refractivity contribution >= 4 is 8.32 Å². The Morgan fingerprint density at radius 1 is 1.33 bits per heavy atom. The van der Waals surface area contributed by atoms with E-state index in [9.17, 15) is 9.90 Å². The highest BCUT2D eigenvalue weighted by Gasteiger charge is 2.40. The summed E-state index contributed by atoms with van der Waals surface area (Å²) in [5.41, 5.74) is 0.0972. The van der Waals surface area contributed by atoms with Gasteiger partial charge in [-0.15, -0.1) is 0 Å². The molecule has 0 aliphatic rings. The first kappa shape index (κ1) is 21.4. The van der Waals surface area contributed by atoms with Crippen molar-refractivity contribution in [2.75, 3.05) is 0 Å². The van der Waals surface area contributed by atoms with Crippen molar-refractivity contribution in [3.63, 3.8) is 0 Å². The van der Waals surface area contributed by atoms with Gasteiger partial charge in [-0.25, -0.2) is 4.98 Å². The van der Waals surface area contributed by atoms with Crippen molar-refractivity contribution in [1.82, 2.24) is 14.8 Å². The average molecular weight is 394 g/mol. The highest BCUT2D eigenvalue weighted by atomic mass is 28.4. The van der Waals surface area contributed by atoms with Gasteiger partial charge in [-0.2, -0.15) is 5.10 Å². The molecule has 2 aromatic heterocycles. The largest absolute Gasteiger partial charge is 0.503 e. The van der Waals surface area contributed by atoms with E-state index < -0.39 is 13.7 Å². The van der Waals surface area contributed by atoms with Gasteiger partial charge < -0.3 is 13.9 Å². The van der Waals surface area contributed by atoms with Crippen LogP contribution < -0.4 is 5.43 Å². The summed E-state index contributed by atoms with van der Waals surface area (Å²) < 4.78 is 13.5. The van der Waals surface area contributed by atoms with Gasteiger partial charge in [0.1, 0.15) is 0 Å². The van der Waals surface area contributed by atoms with Crippen LogP contribution >= 0.6 is 0 Å². The van der Waals surface area contributed by atoms with Gasteiger partial charge in [0, 0.05) is 13.5 Å². The molecule has 1 unspecified atom stereocenters. The Morgan fingerprint density at radius 3 is 2.52 bits per heavy atom. The monoisotopic (exact) mass is 393 g/mol. The summed E-state index contributed by atoms with van der Waals surface area (Å²) in [5.74, 6) is 0.183. The molecule has 0 radical (unpaired) electrons. The van der Waals surface area contributed by atoms with E-state index in [1.165, 1.54) is 17.3 Å². The molecule has 2 rings (SSSR count). The molecule has 150 valence electrons. The van der Waals surface area contributed by atoms with Crippen molar-refractivity contribution in [3.05, 3.63) is 28.5 Å². The molecule has 0 saturated carbocycles. The first-order valence-corrected chi connectivity index (χ1v) is 12.1. The standard InChI is InChI=1S/C19H31N3O4Si/c1-12(2)15(26-27(7,8)19(3,4)5)9-13-18(25-11-20-13)16-17(24)14(23)10-22(6)21-16/h10-12,15,23H,9H2,1-8H3. The second-order valence-corrected chi connectivity index (χ2v) is 13.6. The van der Waals surface area contributed by atoms with Gasteiger partial charge in [-0.1, -0.05) is 34.6 Å². The fourth-order valence-electron chi connectivity index (χ4n) is 2.50. The minimum atomic E-state index is -1.97. The lowest BCUT2D eigenvalue weighted by Gasteiger charge is -2.40. The number of aromatic nitrogens is 3. The van der Waals surface area contributed by atoms with Crippen LogP contribution in [0.15, 0.2) is 21.8 Å². The highest BCUT2D eigenvalue weighted by Crippen LogP contribution is 2.38. The number of hydrogen-bond acceptors (Lipinski definition) is 6. The minimum Gasteiger partial charge on any atom is -0.503 e. The third-order valence-corrected chi connectivity index (χ3v) is 9.77. The van der Waals surface area contributed by atoms with Crippen molar-refractivity contribution in [1.29, 1.82) is 0 Å². The van der Waals surface area contributed by atoms with Crippen LogP contribution in [0.4, 0.5) is 0 Å². The molecular weight excluding hydrogens is 362 g/mol. The zero-order valence-electron chi connectivity index (χ0n) is 17.5. The summed E-state index contributed by atoms with van der Waals surface area (Å²) in [6.45, 7) is 15.3. The van der Waals surface area contributed by atoms with Gasteiger partial charge in [0.25, 0.3) is 5.43 Å². The van der Waals surface area contributed by atoms with E-state index in [1.54, 1.807) is 7.05 Å². The number of nitrogens with zero attached hydrogens (tertiary/aromatic N) is 3. The summed E-state index contributed by atoms with van der Waals surface area (Å²) in [7, 11) is -0.334. The second kappa shape index (κ2) is 7.59. The lowest BCUT2D eigenvalue weighted by molar-refractivity contribution is 0.133. The summed E-state index contributed by atoms with van der Waals surface area (Å²) in [5, 5.41) is 14.1. The van der Waals surface area contributed by atoms with Crippen LogP contribution in [0.5, 0.6) is 5.75 Å². The fraction of sp³-hybridized carbons (Fsp3) is 0.632. The highest BCUT2D eigenvalue weighted by molar-refractivity contribution is 6.74. The topological polar surface area (TPSA) is 90.4 Å². The van der Waals surface area contributed by atoms with Gasteiger partial charge >= 0.3 is 0 Å². The van der Waals surface area contributed by atoms with Crippen molar-refractivity contribution in [2.45, 2.75) is 65.3 Å². The van der Waals surface area contributed by atoms with E-state index in [0.717, 1.165) is 0 Å². The quantitative estimate of drug-likeness (QED) is 0.752. The van der Waals surface area contributed by atoms with E-state index in [1.807, 2.05) is 0 Å². The molecule has 2 heterocycles. The molecule has 1 N–H and O–H groups in total. The van der Waals surface area contributed by atoms with Crippen LogP contribution in [0.25, 0.3) is 11.5 Å². The zero-order chi connectivity index (χ0) is 20.6. The number of oxazole rings is 1. The summed E-state index contributed by atoms with van der Waals surface area (Å²) in [6, 6.07) is 0. The van der Waals surface area contributed by atoms with Gasteiger partial charge in [-0.3, -0.25) is 9.48 Å². The molecule has 0 spiro atoms. The Labute approximate surface area is 161 Å². The van der Waals surface area contributed by atoms with Crippen molar-refractivity contribution in [3.8, 4) is 17.2 Å². The van der Waals surface area contributed by atoms with E-state index >= 15 is 0 Å². The average Bonchev–Trinajstić information content (AvgIpc) is 2.96. The normalized spacial score (nSPS) is 14.0. The predicted molar refractivity (Wildman–Crippen MR) is 107 cm³/mol. The third kappa shape index (κ3) is 4.68. The minimum absolute atomic E-state index is 0.0554. The molecular formula is C19H31N3O4Si. The fourth-order valence-corrected chi connectivity index (χ4v) is 3.97. The van der Waals surface area contributed by atoms with E-state index in [4.69, 9.17) is 8.84 Å². The molecule has 0 aromatic carbocycles. The van der Waals surface area contributed by atoms with E-state index in [-0.39, 0.29) is 34.3 Å². The summed E-state index contributed by atoms with van der Waals surface area (Å²) in [4.78, 5) is 16.6. The van der Waals surface area contributed by atoms with Crippen LogP contribution in [0.3, 0.4) is 0 Å². The van der Waals surface area contributed by atoms with Crippen LogP contribution in [0.1, 0.15) is 40.3 Å². The van der Waals surface area contributed by atoms with Crippen LogP contribution in [-0.2, 0) is 17.9 Å². The molecule has 7 nitrogen and oxygen atoms in total. The van der Waals surface area contributed by atoms with Gasteiger partial charge in [0.2, 0.25) is 0 Å². The lowest BCUT2D eigenvalue weighted by Crippen LogP contribution is -2.45. The molecule has 27 heavy (non-hydrogen) atoms. The molecule has 0 bridgehead atoms. The predicted octanol–water partition coefficient (Wildman–Crippen LogP) is 3.73. The van der Waals surface area contributed by atoms with E-state index in [0.29, 0.717) is 12.1 Å². The van der Waals surface area contributed by atoms with Gasteiger partial charge in [0.15, 0.2) is 31.9 Å². The van der Waals surface area contributed by atoms with Crippen LogP contribution in [0, 0.1) is 5.92 Å². The Hall–Kier alpha value is -1.93. The van der Waals surface area contributed by atoms with Crippen molar-refractivity contribution in [2.24, 2.45) is 13.0 Å². The molecule has 0 fully saturated rings. The van der Waals surface area contributed by atoms with Gasteiger partial charge in [0.05, 0.1) is 18.0 Å². The summed E-state index contributed by atoms with van der Waals surface area (Å²) in [6.07, 6.45) is 3.02. The smallest absolute Gasteiger partial charge is 0.252 e. The Kier molecular flexibility index (Phi) is 6.01. The van der Waals surface area contributed by atoms with Crippen LogP contribution in [-0.4, -0.2) is 34.3 Å². The zero-order valence-corrected chi connectivity index (χ0v) is 18.5. The Balaban J connectivity index is 2.38. The maximum Gasteiger partial charge on any atom is 0.252 e. The second-order valence-electron chi connectivity index (χ2n) is 8.86. The number of aryl methyl sites for hydroxylation is 1. The molecule has 0 aliphatic heterocycles. The maximum absolute atomic E-state index is 12.3. The number of rotatable bonds is 6. The van der Waals surface area contributed by atoms with Crippen molar-refractivity contribution < 1.29 is 13.9 Å².